The van der Waals surface area contributed by atoms with E-state index in [4.69, 9.17) is 14.2 Å². The number of carbonyl (C=O) groups is 2. The Morgan fingerprint density at radius 1 is 0.944 bits per heavy atom. The van der Waals surface area contributed by atoms with Crippen molar-refractivity contribution >= 4 is 23.3 Å². The fourth-order valence-corrected chi connectivity index (χ4v) is 3.63. The van der Waals surface area contributed by atoms with E-state index >= 15 is 0 Å². The van der Waals surface area contributed by atoms with Crippen molar-refractivity contribution in [3.8, 4) is 11.5 Å². The van der Waals surface area contributed by atoms with E-state index in [0.717, 1.165) is 12.1 Å². The lowest BCUT2D eigenvalue weighted by Crippen LogP contribution is -2.37. The van der Waals surface area contributed by atoms with E-state index in [9.17, 15) is 22.8 Å². The second-order valence-electron chi connectivity index (χ2n) is 7.86. The molecular formula is C26H23F3N2O5. The van der Waals surface area contributed by atoms with Gasteiger partial charge in [0.1, 0.15) is 17.1 Å². The minimum Gasteiger partial charge on any atom is -0.456 e. The number of ether oxygens (including phenoxy) is 3. The first kappa shape index (κ1) is 25.1. The maximum absolute atomic E-state index is 13.3. The highest BCUT2D eigenvalue weighted by Crippen LogP contribution is 2.36. The molecule has 1 aliphatic rings. The maximum atomic E-state index is 13.3. The summed E-state index contributed by atoms with van der Waals surface area (Å²) in [6.45, 7) is 1.05. The van der Waals surface area contributed by atoms with Crippen molar-refractivity contribution in [3.05, 3.63) is 83.9 Å². The minimum absolute atomic E-state index is 0.0272. The lowest BCUT2D eigenvalue weighted by molar-refractivity contribution is -0.137. The molecule has 0 saturated carbocycles. The van der Waals surface area contributed by atoms with Crippen molar-refractivity contribution < 1.29 is 37.0 Å². The van der Waals surface area contributed by atoms with Gasteiger partial charge in [-0.3, -0.25) is 4.79 Å². The molecule has 0 atom stereocenters. The van der Waals surface area contributed by atoms with Crippen LogP contribution >= 0.6 is 0 Å². The van der Waals surface area contributed by atoms with Crippen molar-refractivity contribution in [1.82, 2.24) is 0 Å². The molecule has 10 heteroatoms. The number of esters is 1. The van der Waals surface area contributed by atoms with Gasteiger partial charge in [0.05, 0.1) is 30.2 Å². The summed E-state index contributed by atoms with van der Waals surface area (Å²) in [5, 5.41) is 2.45. The quantitative estimate of drug-likeness (QED) is 0.454. The molecule has 1 N–H and O–H groups in total. The average Bonchev–Trinajstić information content (AvgIpc) is 2.88. The molecule has 3 aromatic carbocycles. The standard InChI is InChI=1S/C26H23F3N2O5/c27-26(28,29)18-10-11-22(31-12-14-34-15-13-31)21(16-18)30-24(32)17-35-25(33)20-8-4-5-9-23(20)36-19-6-2-1-3-7-19/h1-11,16H,12-15,17H2,(H,30,32). The van der Waals surface area contributed by atoms with E-state index in [1.165, 1.54) is 12.1 Å². The predicted octanol–water partition coefficient (Wildman–Crippen LogP) is 5.13. The lowest BCUT2D eigenvalue weighted by atomic mass is 10.1. The Balaban J connectivity index is 1.45. The Hall–Kier alpha value is -4.05. The van der Waals surface area contributed by atoms with Crippen LogP contribution in [0.2, 0.25) is 0 Å². The van der Waals surface area contributed by atoms with Crippen LogP contribution in [-0.2, 0) is 20.4 Å². The molecule has 1 amide bonds. The van der Waals surface area contributed by atoms with Crippen molar-refractivity contribution in [1.29, 1.82) is 0 Å². The smallest absolute Gasteiger partial charge is 0.416 e. The molecule has 0 bridgehead atoms. The first-order chi connectivity index (χ1) is 17.3. The van der Waals surface area contributed by atoms with E-state index in [0.29, 0.717) is 37.7 Å². The summed E-state index contributed by atoms with van der Waals surface area (Å²) in [6.07, 6.45) is -4.59. The summed E-state index contributed by atoms with van der Waals surface area (Å²) in [5.74, 6) is -0.843. The molecule has 36 heavy (non-hydrogen) atoms. The molecule has 0 unspecified atom stereocenters. The Morgan fingerprint density at radius 2 is 1.64 bits per heavy atom. The molecule has 7 nitrogen and oxygen atoms in total. The second-order valence-corrected chi connectivity index (χ2v) is 7.86. The molecule has 0 aliphatic carbocycles. The van der Waals surface area contributed by atoms with E-state index in [1.807, 2.05) is 11.0 Å². The topological polar surface area (TPSA) is 77.1 Å². The zero-order valence-corrected chi connectivity index (χ0v) is 19.1. The predicted molar refractivity (Wildman–Crippen MR) is 126 cm³/mol. The summed E-state index contributed by atoms with van der Waals surface area (Å²) in [7, 11) is 0. The number of para-hydroxylation sites is 2. The fourth-order valence-electron chi connectivity index (χ4n) is 3.63. The number of nitrogens with one attached hydrogen (secondary N) is 1. The molecule has 188 valence electrons. The number of hydrogen-bond donors (Lipinski definition) is 1. The first-order valence-electron chi connectivity index (χ1n) is 11.1. The zero-order valence-electron chi connectivity index (χ0n) is 19.1. The number of halogens is 3. The number of morpholine rings is 1. The van der Waals surface area contributed by atoms with Gasteiger partial charge in [0.15, 0.2) is 6.61 Å². The SMILES string of the molecule is O=C(COC(=O)c1ccccc1Oc1ccccc1)Nc1cc(C(F)(F)F)ccc1N1CCOCC1. The molecule has 0 aromatic heterocycles. The van der Waals surface area contributed by atoms with Crippen LogP contribution in [0.5, 0.6) is 11.5 Å². The van der Waals surface area contributed by atoms with Gasteiger partial charge in [-0.25, -0.2) is 4.79 Å². The Morgan fingerprint density at radius 3 is 2.36 bits per heavy atom. The molecule has 1 aliphatic heterocycles. The summed E-state index contributed by atoms with van der Waals surface area (Å²) in [6, 6.07) is 18.3. The van der Waals surface area contributed by atoms with Gasteiger partial charge in [-0.15, -0.1) is 0 Å². The van der Waals surface area contributed by atoms with Crippen LogP contribution in [0.4, 0.5) is 24.5 Å². The number of nitrogens with zero attached hydrogens (tertiary/aromatic N) is 1. The monoisotopic (exact) mass is 500 g/mol. The number of hydrogen-bond acceptors (Lipinski definition) is 6. The highest BCUT2D eigenvalue weighted by Gasteiger charge is 2.32. The number of alkyl halides is 3. The summed E-state index contributed by atoms with van der Waals surface area (Å²) >= 11 is 0. The minimum atomic E-state index is -4.59. The molecule has 0 radical (unpaired) electrons. The van der Waals surface area contributed by atoms with Crippen LogP contribution in [0.25, 0.3) is 0 Å². The third-order valence-electron chi connectivity index (χ3n) is 5.36. The van der Waals surface area contributed by atoms with Crippen molar-refractivity contribution in [3.63, 3.8) is 0 Å². The van der Waals surface area contributed by atoms with Crippen LogP contribution in [0.3, 0.4) is 0 Å². The van der Waals surface area contributed by atoms with Gasteiger partial charge in [0, 0.05) is 13.1 Å². The van der Waals surface area contributed by atoms with E-state index < -0.39 is 30.2 Å². The highest BCUT2D eigenvalue weighted by atomic mass is 19.4. The summed E-state index contributed by atoms with van der Waals surface area (Å²) in [5.41, 5.74) is -0.408. The molecule has 1 heterocycles. The second kappa shape index (κ2) is 11.1. The van der Waals surface area contributed by atoms with Crippen LogP contribution in [0, 0.1) is 0 Å². The number of rotatable bonds is 7. The van der Waals surface area contributed by atoms with Gasteiger partial charge in [0.2, 0.25) is 0 Å². The lowest BCUT2D eigenvalue weighted by Gasteiger charge is -2.31. The first-order valence-corrected chi connectivity index (χ1v) is 11.1. The van der Waals surface area contributed by atoms with E-state index in [2.05, 4.69) is 5.32 Å². The van der Waals surface area contributed by atoms with Crippen LogP contribution in [0.1, 0.15) is 15.9 Å². The summed E-state index contributed by atoms with van der Waals surface area (Å²) < 4.78 is 56.0. The molecule has 0 spiro atoms. The largest absolute Gasteiger partial charge is 0.456 e. The fraction of sp³-hybridized carbons (Fsp3) is 0.231. The van der Waals surface area contributed by atoms with Gasteiger partial charge in [0.25, 0.3) is 5.91 Å². The zero-order chi connectivity index (χ0) is 25.5. The van der Waals surface area contributed by atoms with Gasteiger partial charge < -0.3 is 24.4 Å². The molecule has 3 aromatic rings. The van der Waals surface area contributed by atoms with E-state index in [-0.39, 0.29) is 17.0 Å². The number of benzene rings is 3. The normalized spacial score (nSPS) is 13.7. The van der Waals surface area contributed by atoms with Crippen LogP contribution in [-0.4, -0.2) is 44.8 Å². The van der Waals surface area contributed by atoms with Crippen molar-refractivity contribution in [2.45, 2.75) is 6.18 Å². The Labute approximate surface area is 205 Å². The molecule has 1 fully saturated rings. The molecular weight excluding hydrogens is 477 g/mol. The summed E-state index contributed by atoms with van der Waals surface area (Å²) in [4.78, 5) is 27.1. The van der Waals surface area contributed by atoms with Crippen LogP contribution in [0.15, 0.2) is 72.8 Å². The maximum Gasteiger partial charge on any atom is 0.416 e. The van der Waals surface area contributed by atoms with Gasteiger partial charge in [-0.2, -0.15) is 13.2 Å². The van der Waals surface area contributed by atoms with Crippen molar-refractivity contribution in [2.75, 3.05) is 43.1 Å². The number of amides is 1. The Bertz CT molecular complexity index is 1210. The number of carbonyl (C=O) groups excluding carboxylic acids is 2. The molecule has 4 rings (SSSR count). The molecule has 1 saturated heterocycles. The van der Waals surface area contributed by atoms with Gasteiger partial charge >= 0.3 is 12.1 Å². The average molecular weight is 500 g/mol. The van der Waals surface area contributed by atoms with Gasteiger partial charge in [-0.1, -0.05) is 30.3 Å². The highest BCUT2D eigenvalue weighted by molar-refractivity contribution is 5.98. The Kier molecular flexibility index (Phi) is 7.74. The van der Waals surface area contributed by atoms with Gasteiger partial charge in [-0.05, 0) is 42.5 Å². The third kappa shape index (κ3) is 6.33. The third-order valence-corrected chi connectivity index (χ3v) is 5.36. The number of anilines is 2. The van der Waals surface area contributed by atoms with Crippen LogP contribution < -0.4 is 15.0 Å². The van der Waals surface area contributed by atoms with Crippen molar-refractivity contribution in [2.24, 2.45) is 0 Å². The van der Waals surface area contributed by atoms with E-state index in [1.54, 1.807) is 42.5 Å².